The second kappa shape index (κ2) is 16.1. The summed E-state index contributed by atoms with van der Waals surface area (Å²) in [6.07, 6.45) is 33.8. The molecule has 2 aliphatic rings. The molecule has 42 heavy (non-hydrogen) atoms. The van der Waals surface area contributed by atoms with Gasteiger partial charge in [-0.15, -0.1) is 0 Å². The van der Waals surface area contributed by atoms with Crippen molar-refractivity contribution in [2.75, 3.05) is 0 Å². The molecule has 2 N–H and O–H groups in total. The van der Waals surface area contributed by atoms with Gasteiger partial charge in [0.15, 0.2) is 0 Å². The van der Waals surface area contributed by atoms with E-state index in [1.54, 1.807) is 0 Å². The summed E-state index contributed by atoms with van der Waals surface area (Å²) < 4.78 is 0. The highest BCUT2D eigenvalue weighted by Crippen LogP contribution is 2.42. The summed E-state index contributed by atoms with van der Waals surface area (Å²) in [5, 5.41) is 20.2. The van der Waals surface area contributed by atoms with Gasteiger partial charge in [-0.25, -0.2) is 0 Å². The van der Waals surface area contributed by atoms with E-state index in [-0.39, 0.29) is 23.0 Å². The second-order valence-corrected chi connectivity index (χ2v) is 13.7. The number of allylic oxidation sites excluding steroid dienone is 20. The molecule has 0 aromatic heterocycles. The number of hydrogen-bond donors (Lipinski definition) is 2. The van der Waals surface area contributed by atoms with Crippen molar-refractivity contribution in [2.45, 2.75) is 101 Å². The van der Waals surface area contributed by atoms with Crippen molar-refractivity contribution in [1.82, 2.24) is 0 Å². The molecule has 0 saturated heterocycles. The van der Waals surface area contributed by atoms with Crippen molar-refractivity contribution in [3.05, 3.63) is 130 Å². The average Bonchev–Trinajstić information content (AvgIpc) is 2.84. The van der Waals surface area contributed by atoms with Gasteiger partial charge in [0.1, 0.15) is 0 Å². The first-order valence-corrected chi connectivity index (χ1v) is 15.4. The SMILES string of the molecule is CC1=C[C@@H](O)CC(C)(C)[C@H]1/C=C/C(C)=C/C=C/C(C)=C/C=C/C=C(C)/C=C/C=C(C)/C=C/C1=C(C)C[C@H](O)CC1(C)C. The third-order valence-corrected chi connectivity index (χ3v) is 8.33. The fourth-order valence-corrected chi connectivity index (χ4v) is 6.14. The lowest BCUT2D eigenvalue weighted by Gasteiger charge is -2.38. The molecule has 0 fully saturated rings. The van der Waals surface area contributed by atoms with E-state index in [2.05, 4.69) is 154 Å². The van der Waals surface area contributed by atoms with E-state index in [9.17, 15) is 10.2 Å². The summed E-state index contributed by atoms with van der Waals surface area (Å²) in [6.45, 7) is 21.6. The minimum absolute atomic E-state index is 0.00528. The number of aliphatic hydroxyl groups excluding tert-OH is 2. The lowest BCUT2D eigenvalue weighted by Crippen LogP contribution is -2.32. The molecular weight excluding hydrogens is 512 g/mol. The van der Waals surface area contributed by atoms with Gasteiger partial charge >= 0.3 is 0 Å². The molecule has 0 bridgehead atoms. The van der Waals surface area contributed by atoms with Gasteiger partial charge in [0, 0.05) is 5.92 Å². The van der Waals surface area contributed by atoms with Gasteiger partial charge in [0.05, 0.1) is 12.2 Å². The van der Waals surface area contributed by atoms with Gasteiger partial charge in [0.25, 0.3) is 0 Å². The molecule has 0 heterocycles. The van der Waals surface area contributed by atoms with Crippen LogP contribution in [0.5, 0.6) is 0 Å². The molecule has 0 saturated carbocycles. The lowest BCUT2D eigenvalue weighted by molar-refractivity contribution is 0.116. The maximum absolute atomic E-state index is 10.1. The van der Waals surface area contributed by atoms with Crippen LogP contribution in [0.25, 0.3) is 0 Å². The predicted molar refractivity (Wildman–Crippen MR) is 184 cm³/mol. The zero-order valence-electron chi connectivity index (χ0n) is 27.9. The smallest absolute Gasteiger partial charge is 0.0729 e. The van der Waals surface area contributed by atoms with Crippen LogP contribution in [0.15, 0.2) is 130 Å². The highest BCUT2D eigenvalue weighted by molar-refractivity contribution is 5.38. The molecule has 0 aliphatic heterocycles. The Morgan fingerprint density at radius 3 is 1.74 bits per heavy atom. The number of aliphatic hydroxyl groups is 2. The Bertz CT molecular complexity index is 1270. The van der Waals surface area contributed by atoms with Crippen LogP contribution in [0, 0.1) is 16.7 Å². The minimum atomic E-state index is -0.331. The highest BCUT2D eigenvalue weighted by atomic mass is 16.3. The Balaban J connectivity index is 1.90. The predicted octanol–water partition coefficient (Wildman–Crippen LogP) is 10.4. The summed E-state index contributed by atoms with van der Waals surface area (Å²) in [5.74, 6) is 0.348. The average molecular weight is 569 g/mol. The molecule has 0 radical (unpaired) electrons. The summed E-state index contributed by atoms with van der Waals surface area (Å²) in [5.41, 5.74) is 8.73. The quantitative estimate of drug-likeness (QED) is 0.203. The minimum Gasteiger partial charge on any atom is -0.393 e. The van der Waals surface area contributed by atoms with Crippen LogP contribution >= 0.6 is 0 Å². The van der Waals surface area contributed by atoms with Crippen molar-refractivity contribution in [3.63, 3.8) is 0 Å². The monoisotopic (exact) mass is 568 g/mol. The molecule has 2 nitrogen and oxygen atoms in total. The second-order valence-electron chi connectivity index (χ2n) is 13.7. The Labute approximate surface area is 257 Å². The summed E-state index contributed by atoms with van der Waals surface area (Å²) in [4.78, 5) is 0. The van der Waals surface area contributed by atoms with E-state index in [4.69, 9.17) is 0 Å². The molecule has 2 heteroatoms. The topological polar surface area (TPSA) is 40.5 Å². The third kappa shape index (κ3) is 11.7. The first-order chi connectivity index (χ1) is 19.6. The van der Waals surface area contributed by atoms with Crippen LogP contribution in [0.2, 0.25) is 0 Å². The summed E-state index contributed by atoms with van der Waals surface area (Å²) in [6, 6.07) is 0. The van der Waals surface area contributed by atoms with Crippen molar-refractivity contribution < 1.29 is 10.2 Å². The first kappa shape index (κ1) is 35.3. The van der Waals surface area contributed by atoms with E-state index in [0.29, 0.717) is 5.92 Å². The van der Waals surface area contributed by atoms with Crippen LogP contribution in [0.3, 0.4) is 0 Å². The standard InChI is InChI=1S/C40H56O2/c1-29(17-13-19-31(3)21-23-37-33(5)25-35(41)27-39(37,7)8)15-11-12-16-30(2)18-14-20-32(4)22-24-38-34(6)26-36(42)28-40(38,9)10/h11-25,35-37,41-42H,26-28H2,1-10H3/b12-11+,17-13+,18-14+,23-21+,24-22+,29-15+,30-16+,31-19+,32-20+/t35-,36+,37+/m1/s1. The van der Waals surface area contributed by atoms with E-state index in [0.717, 1.165) is 19.3 Å². The van der Waals surface area contributed by atoms with Crippen LogP contribution < -0.4 is 0 Å². The van der Waals surface area contributed by atoms with Crippen molar-refractivity contribution in [1.29, 1.82) is 0 Å². The molecule has 0 spiro atoms. The molecule has 0 unspecified atom stereocenters. The maximum atomic E-state index is 10.1. The van der Waals surface area contributed by atoms with E-state index in [1.165, 1.54) is 39.0 Å². The normalized spacial score (nSPS) is 26.6. The maximum Gasteiger partial charge on any atom is 0.0729 e. The van der Waals surface area contributed by atoms with Crippen molar-refractivity contribution in [2.24, 2.45) is 16.7 Å². The Morgan fingerprint density at radius 1 is 0.714 bits per heavy atom. The van der Waals surface area contributed by atoms with Crippen molar-refractivity contribution >= 4 is 0 Å². The summed E-state index contributed by atoms with van der Waals surface area (Å²) in [7, 11) is 0. The number of rotatable bonds is 10. The highest BCUT2D eigenvalue weighted by Gasteiger charge is 2.34. The lowest BCUT2D eigenvalue weighted by atomic mass is 9.67. The Kier molecular flexibility index (Phi) is 13.5. The van der Waals surface area contributed by atoms with Gasteiger partial charge in [-0.3, -0.25) is 0 Å². The van der Waals surface area contributed by atoms with Gasteiger partial charge in [-0.1, -0.05) is 152 Å². The molecule has 2 rings (SSSR count). The van der Waals surface area contributed by atoms with Gasteiger partial charge in [-0.05, 0) is 77.2 Å². The zero-order valence-corrected chi connectivity index (χ0v) is 27.9. The largest absolute Gasteiger partial charge is 0.393 e. The van der Waals surface area contributed by atoms with Crippen LogP contribution in [-0.2, 0) is 0 Å². The Hall–Kier alpha value is -2.94. The summed E-state index contributed by atoms with van der Waals surface area (Å²) >= 11 is 0. The van der Waals surface area contributed by atoms with Crippen molar-refractivity contribution in [3.8, 4) is 0 Å². The molecule has 2 aliphatic carbocycles. The van der Waals surface area contributed by atoms with E-state index in [1.807, 2.05) is 6.08 Å². The molecular formula is C40H56O2. The van der Waals surface area contributed by atoms with Gasteiger partial charge < -0.3 is 10.2 Å². The number of hydrogen-bond acceptors (Lipinski definition) is 2. The van der Waals surface area contributed by atoms with Gasteiger partial charge in [-0.2, -0.15) is 0 Å². The molecule has 3 atom stereocenters. The first-order valence-electron chi connectivity index (χ1n) is 15.4. The van der Waals surface area contributed by atoms with E-state index < -0.39 is 0 Å². The fourth-order valence-electron chi connectivity index (χ4n) is 6.14. The molecule has 228 valence electrons. The molecule has 0 aromatic carbocycles. The zero-order chi connectivity index (χ0) is 31.5. The van der Waals surface area contributed by atoms with Crippen LogP contribution in [-0.4, -0.2) is 22.4 Å². The fraction of sp³-hybridized carbons (Fsp3) is 0.450. The van der Waals surface area contributed by atoms with Gasteiger partial charge in [0.2, 0.25) is 0 Å². The van der Waals surface area contributed by atoms with E-state index >= 15 is 0 Å². The molecule has 0 amide bonds. The van der Waals surface area contributed by atoms with Crippen LogP contribution in [0.1, 0.15) is 88.5 Å². The third-order valence-electron chi connectivity index (χ3n) is 8.33. The Morgan fingerprint density at radius 2 is 1.21 bits per heavy atom. The molecule has 0 aromatic rings. The van der Waals surface area contributed by atoms with Crippen LogP contribution in [0.4, 0.5) is 0 Å².